The van der Waals surface area contributed by atoms with Crippen molar-refractivity contribution < 1.29 is 22.8 Å². The van der Waals surface area contributed by atoms with Gasteiger partial charge in [-0.1, -0.05) is 6.92 Å². The van der Waals surface area contributed by atoms with Gasteiger partial charge in [0.05, 0.1) is 17.6 Å². The molecule has 0 atom stereocenters. The summed E-state index contributed by atoms with van der Waals surface area (Å²) in [5.41, 5.74) is 0.0483. The molecule has 1 aliphatic rings. The number of carbonyl (C=O) groups is 2. The first kappa shape index (κ1) is 18.4. The number of ketones is 1. The third-order valence-electron chi connectivity index (χ3n) is 4.57. The van der Waals surface area contributed by atoms with Crippen molar-refractivity contribution in [2.45, 2.75) is 45.2 Å². The zero-order valence-corrected chi connectivity index (χ0v) is 14.5. The van der Waals surface area contributed by atoms with E-state index in [1.807, 2.05) is 0 Å². The van der Waals surface area contributed by atoms with E-state index in [1.54, 1.807) is 19.9 Å². The Morgan fingerprint density at radius 3 is 2.50 bits per heavy atom. The molecular weight excluding hydrogens is 345 g/mol. The second kappa shape index (κ2) is 6.70. The molecule has 1 aromatic heterocycles. The van der Waals surface area contributed by atoms with Crippen LogP contribution < -0.4 is 5.32 Å². The first-order chi connectivity index (χ1) is 12.2. The number of rotatable bonds is 5. The molecule has 3 rings (SSSR count). The summed E-state index contributed by atoms with van der Waals surface area (Å²) in [6.45, 7) is 3.16. The van der Waals surface area contributed by atoms with Crippen molar-refractivity contribution >= 4 is 22.6 Å². The van der Waals surface area contributed by atoms with E-state index in [-0.39, 0.29) is 35.9 Å². The average molecular weight is 364 g/mol. The molecule has 7 heteroatoms. The van der Waals surface area contributed by atoms with Crippen LogP contribution in [0.4, 0.5) is 13.2 Å². The second-order valence-corrected chi connectivity index (χ2v) is 6.64. The first-order valence-electron chi connectivity index (χ1n) is 8.53. The van der Waals surface area contributed by atoms with Crippen LogP contribution in [0.2, 0.25) is 0 Å². The largest absolute Gasteiger partial charge is 0.418 e. The van der Waals surface area contributed by atoms with Gasteiger partial charge in [0.15, 0.2) is 5.78 Å². The Morgan fingerprint density at radius 1 is 1.23 bits per heavy atom. The molecule has 1 aliphatic carbocycles. The fourth-order valence-corrected chi connectivity index (χ4v) is 2.89. The maximum absolute atomic E-state index is 13.6. The lowest BCUT2D eigenvalue weighted by molar-refractivity contribution is -0.136. The predicted octanol–water partition coefficient (Wildman–Crippen LogP) is 4.15. The van der Waals surface area contributed by atoms with Gasteiger partial charge in [0.1, 0.15) is 5.69 Å². The van der Waals surface area contributed by atoms with Crippen molar-refractivity contribution in [3.63, 3.8) is 0 Å². The number of alkyl halides is 3. The minimum absolute atomic E-state index is 0.122. The fraction of sp³-hybridized carbons (Fsp3) is 0.421. The van der Waals surface area contributed by atoms with E-state index in [2.05, 4.69) is 10.3 Å². The number of nitrogens with zero attached hydrogens (tertiary/aromatic N) is 1. The molecule has 0 radical (unpaired) electrons. The Hall–Kier alpha value is -2.44. The summed E-state index contributed by atoms with van der Waals surface area (Å²) in [7, 11) is 0. The maximum atomic E-state index is 13.6. The fourth-order valence-electron chi connectivity index (χ4n) is 2.89. The zero-order valence-electron chi connectivity index (χ0n) is 14.5. The van der Waals surface area contributed by atoms with Crippen LogP contribution in [0.5, 0.6) is 0 Å². The number of hydrogen-bond donors (Lipinski definition) is 1. The molecule has 0 spiro atoms. The van der Waals surface area contributed by atoms with E-state index in [0.29, 0.717) is 16.5 Å². The van der Waals surface area contributed by atoms with Crippen molar-refractivity contribution in [2.75, 3.05) is 6.54 Å². The van der Waals surface area contributed by atoms with Crippen LogP contribution in [-0.4, -0.2) is 23.2 Å². The van der Waals surface area contributed by atoms with Gasteiger partial charge in [-0.15, -0.1) is 0 Å². The standard InChI is InChI=1S/C19H19F3N2O2/c1-3-13(25)9-23-18(26)16-6-10(2)14-7-12(11-4-5-11)8-15(17(14)24-16)19(20,21)22/h6-8,11H,3-5,9H2,1-2H3,(H,23,26). The van der Waals surface area contributed by atoms with Gasteiger partial charge in [-0.3, -0.25) is 9.59 Å². The number of fused-ring (bicyclic) bond motifs is 1. The number of carbonyl (C=O) groups excluding carboxylic acids is 2. The summed E-state index contributed by atoms with van der Waals surface area (Å²) in [5, 5.41) is 2.81. The summed E-state index contributed by atoms with van der Waals surface area (Å²) in [4.78, 5) is 27.5. The molecule has 2 aromatic rings. The summed E-state index contributed by atoms with van der Waals surface area (Å²) in [6, 6.07) is 4.35. The summed E-state index contributed by atoms with van der Waals surface area (Å²) in [6.07, 6.45) is -2.51. The van der Waals surface area contributed by atoms with E-state index in [0.717, 1.165) is 18.9 Å². The average Bonchev–Trinajstić information content (AvgIpc) is 3.42. The molecule has 1 fully saturated rings. The Labute approximate surface area is 148 Å². The highest BCUT2D eigenvalue weighted by molar-refractivity contribution is 5.98. The van der Waals surface area contributed by atoms with Crippen molar-refractivity contribution in [3.05, 3.63) is 40.6 Å². The topological polar surface area (TPSA) is 59.1 Å². The van der Waals surface area contributed by atoms with E-state index in [9.17, 15) is 22.8 Å². The van der Waals surface area contributed by atoms with Crippen LogP contribution in [0.15, 0.2) is 18.2 Å². The summed E-state index contributed by atoms with van der Waals surface area (Å²) in [5.74, 6) is -0.653. The highest BCUT2D eigenvalue weighted by atomic mass is 19.4. The first-order valence-corrected chi connectivity index (χ1v) is 8.53. The number of nitrogens with one attached hydrogen (secondary N) is 1. The minimum Gasteiger partial charge on any atom is -0.344 e. The Morgan fingerprint density at radius 2 is 1.92 bits per heavy atom. The van der Waals surface area contributed by atoms with Gasteiger partial charge in [0.25, 0.3) is 5.91 Å². The zero-order chi connectivity index (χ0) is 19.1. The Kier molecular flexibility index (Phi) is 4.73. The highest BCUT2D eigenvalue weighted by Crippen LogP contribution is 2.44. The van der Waals surface area contributed by atoms with Crippen LogP contribution in [0, 0.1) is 6.92 Å². The van der Waals surface area contributed by atoms with Gasteiger partial charge in [0, 0.05) is 11.8 Å². The molecule has 1 heterocycles. The van der Waals surface area contributed by atoms with Crippen molar-refractivity contribution in [1.29, 1.82) is 0 Å². The third-order valence-corrected chi connectivity index (χ3v) is 4.57. The molecule has 1 N–H and O–H groups in total. The number of benzene rings is 1. The van der Waals surface area contributed by atoms with E-state index in [1.165, 1.54) is 6.07 Å². The Balaban J connectivity index is 2.07. The molecule has 0 unspecified atom stereocenters. The Bertz CT molecular complexity index is 886. The maximum Gasteiger partial charge on any atom is 0.418 e. The van der Waals surface area contributed by atoms with Crippen molar-refractivity contribution in [2.24, 2.45) is 0 Å². The van der Waals surface area contributed by atoms with E-state index in [4.69, 9.17) is 0 Å². The van der Waals surface area contributed by atoms with Gasteiger partial charge in [-0.05, 0) is 55.0 Å². The van der Waals surface area contributed by atoms with Crippen molar-refractivity contribution in [3.8, 4) is 0 Å². The van der Waals surface area contributed by atoms with Gasteiger partial charge in [-0.2, -0.15) is 13.2 Å². The smallest absolute Gasteiger partial charge is 0.344 e. The molecule has 4 nitrogen and oxygen atoms in total. The molecule has 0 aliphatic heterocycles. The monoisotopic (exact) mass is 364 g/mol. The minimum atomic E-state index is -4.56. The number of aromatic nitrogens is 1. The van der Waals surface area contributed by atoms with Gasteiger partial charge in [0.2, 0.25) is 0 Å². The number of halogens is 3. The molecule has 1 saturated carbocycles. The number of hydrogen-bond acceptors (Lipinski definition) is 3. The van der Waals surface area contributed by atoms with Crippen LogP contribution in [0.3, 0.4) is 0 Å². The molecule has 0 saturated heterocycles. The summed E-state index contributed by atoms with van der Waals surface area (Å²) < 4.78 is 40.7. The highest BCUT2D eigenvalue weighted by Gasteiger charge is 2.36. The molecule has 26 heavy (non-hydrogen) atoms. The normalized spacial score (nSPS) is 14.5. The third kappa shape index (κ3) is 3.71. The van der Waals surface area contributed by atoms with Gasteiger partial charge >= 0.3 is 6.18 Å². The SMILES string of the molecule is CCC(=O)CNC(=O)c1cc(C)c2cc(C3CC3)cc(C(F)(F)F)c2n1. The van der Waals surface area contributed by atoms with E-state index >= 15 is 0 Å². The number of amides is 1. The van der Waals surface area contributed by atoms with Gasteiger partial charge in [-0.25, -0.2) is 4.98 Å². The number of aryl methyl sites for hydroxylation is 1. The number of Topliss-reactive ketones (excluding diaryl/α,β-unsaturated/α-hetero) is 1. The lowest BCUT2D eigenvalue weighted by Crippen LogP contribution is -2.30. The lowest BCUT2D eigenvalue weighted by Gasteiger charge is -2.15. The number of pyridine rings is 1. The molecule has 1 aromatic carbocycles. The lowest BCUT2D eigenvalue weighted by atomic mass is 9.98. The molecular formula is C19H19F3N2O2. The second-order valence-electron chi connectivity index (χ2n) is 6.64. The van der Waals surface area contributed by atoms with Crippen LogP contribution in [0.1, 0.15) is 59.3 Å². The molecule has 138 valence electrons. The van der Waals surface area contributed by atoms with Crippen LogP contribution in [0.25, 0.3) is 10.9 Å². The quantitative estimate of drug-likeness (QED) is 0.867. The predicted molar refractivity (Wildman–Crippen MR) is 91.1 cm³/mol. The van der Waals surface area contributed by atoms with Crippen LogP contribution in [-0.2, 0) is 11.0 Å². The van der Waals surface area contributed by atoms with Crippen molar-refractivity contribution in [1.82, 2.24) is 10.3 Å². The molecule has 0 bridgehead atoms. The van der Waals surface area contributed by atoms with E-state index < -0.39 is 17.6 Å². The summed E-state index contributed by atoms with van der Waals surface area (Å²) >= 11 is 0. The van der Waals surface area contributed by atoms with Crippen LogP contribution >= 0.6 is 0 Å². The van der Waals surface area contributed by atoms with Gasteiger partial charge < -0.3 is 5.32 Å². The molecule has 1 amide bonds.